The summed E-state index contributed by atoms with van der Waals surface area (Å²) in [5, 5.41) is 13.9. The van der Waals surface area contributed by atoms with Crippen LogP contribution in [0.2, 0.25) is 0 Å². The zero-order valence-electron chi connectivity index (χ0n) is 12.1. The number of hydrogen-bond donors (Lipinski definition) is 1. The molecular weight excluding hydrogens is 256 g/mol. The molecule has 0 radical (unpaired) electrons. The van der Waals surface area contributed by atoms with Crippen molar-refractivity contribution in [2.45, 2.75) is 57.5 Å². The summed E-state index contributed by atoms with van der Waals surface area (Å²) < 4.78 is 1.82. The van der Waals surface area contributed by atoms with Gasteiger partial charge in [-0.15, -0.1) is 0 Å². The van der Waals surface area contributed by atoms with Crippen LogP contribution in [0, 0.1) is 0 Å². The number of hydrogen-bond acceptors (Lipinski definition) is 4. The molecule has 1 saturated heterocycles. The van der Waals surface area contributed by atoms with Gasteiger partial charge in [-0.05, 0) is 39.7 Å². The maximum atomic E-state index is 11.3. The number of likely N-dealkylation sites (tertiary alicyclic amines) is 1. The summed E-state index contributed by atoms with van der Waals surface area (Å²) >= 11 is 0. The molecule has 2 aliphatic rings. The first kappa shape index (κ1) is 13.5. The first-order chi connectivity index (χ1) is 9.56. The number of aryl methyl sites for hydroxylation is 1. The van der Waals surface area contributed by atoms with Gasteiger partial charge >= 0.3 is 5.97 Å². The smallest absolute Gasteiger partial charge is 0.314 e. The third-order valence-electron chi connectivity index (χ3n) is 4.50. The minimum Gasteiger partial charge on any atom is -0.481 e. The van der Waals surface area contributed by atoms with Gasteiger partial charge < -0.3 is 10.0 Å². The molecule has 0 aliphatic carbocycles. The predicted molar refractivity (Wildman–Crippen MR) is 73.7 cm³/mol. The van der Waals surface area contributed by atoms with Crippen molar-refractivity contribution in [2.75, 3.05) is 13.1 Å². The summed E-state index contributed by atoms with van der Waals surface area (Å²) in [5.74, 6) is 0.593. The lowest BCUT2D eigenvalue weighted by molar-refractivity contribution is -0.139. The average molecular weight is 278 g/mol. The Balaban J connectivity index is 1.81. The number of nitrogens with zero attached hydrogens (tertiary/aromatic N) is 4. The van der Waals surface area contributed by atoms with Gasteiger partial charge in [-0.1, -0.05) is 0 Å². The monoisotopic (exact) mass is 278 g/mol. The van der Waals surface area contributed by atoms with Crippen LogP contribution >= 0.6 is 0 Å². The highest BCUT2D eigenvalue weighted by Gasteiger charge is 2.33. The molecule has 0 bridgehead atoms. The van der Waals surface area contributed by atoms with Crippen LogP contribution in [0.1, 0.15) is 56.6 Å². The molecule has 0 saturated carbocycles. The maximum Gasteiger partial charge on any atom is 0.314 e. The van der Waals surface area contributed by atoms with Crippen molar-refractivity contribution in [2.24, 2.45) is 0 Å². The molecule has 6 heteroatoms. The van der Waals surface area contributed by atoms with E-state index in [1.807, 2.05) is 4.68 Å². The topological polar surface area (TPSA) is 71.2 Å². The third kappa shape index (κ3) is 2.32. The number of aliphatic carboxylic acids is 1. The number of aromatic nitrogens is 3. The average Bonchev–Trinajstić information content (AvgIpc) is 3.04. The normalized spacial score (nSPS) is 26.9. The van der Waals surface area contributed by atoms with E-state index < -0.39 is 11.9 Å². The fraction of sp³-hybridized carbons (Fsp3) is 0.786. The highest BCUT2D eigenvalue weighted by molar-refractivity contribution is 5.75. The second-order valence-electron chi connectivity index (χ2n) is 6.16. The minimum absolute atomic E-state index is 0.352. The van der Waals surface area contributed by atoms with Gasteiger partial charge in [-0.3, -0.25) is 4.79 Å². The molecule has 2 atom stereocenters. The van der Waals surface area contributed by atoms with Gasteiger partial charge in [0.15, 0.2) is 5.82 Å². The summed E-state index contributed by atoms with van der Waals surface area (Å²) in [6.45, 7) is 7.27. The fourth-order valence-electron chi connectivity index (χ4n) is 3.24. The van der Waals surface area contributed by atoms with Crippen LogP contribution in [-0.2, 0) is 11.3 Å². The van der Waals surface area contributed by atoms with Crippen molar-refractivity contribution >= 4 is 5.97 Å². The van der Waals surface area contributed by atoms with E-state index in [1.165, 1.54) is 0 Å². The van der Waals surface area contributed by atoms with Crippen LogP contribution in [0.5, 0.6) is 0 Å². The van der Waals surface area contributed by atoms with E-state index in [4.69, 9.17) is 0 Å². The number of carboxylic acid groups (broad SMARTS) is 1. The van der Waals surface area contributed by atoms with E-state index in [0.29, 0.717) is 24.2 Å². The number of carboxylic acids is 1. The highest BCUT2D eigenvalue weighted by Crippen LogP contribution is 2.30. The van der Waals surface area contributed by atoms with E-state index in [9.17, 15) is 9.90 Å². The quantitative estimate of drug-likeness (QED) is 0.906. The zero-order chi connectivity index (χ0) is 14.3. The van der Waals surface area contributed by atoms with Gasteiger partial charge in [0.1, 0.15) is 11.7 Å². The van der Waals surface area contributed by atoms with Crippen molar-refractivity contribution in [3.8, 4) is 0 Å². The van der Waals surface area contributed by atoms with Gasteiger partial charge in [0.25, 0.3) is 0 Å². The molecule has 1 N–H and O–H groups in total. The Hall–Kier alpha value is -1.43. The Bertz CT molecular complexity index is 511. The zero-order valence-corrected chi connectivity index (χ0v) is 12.1. The van der Waals surface area contributed by atoms with Crippen molar-refractivity contribution in [3.63, 3.8) is 0 Å². The maximum absolute atomic E-state index is 11.3. The standard InChI is InChI=1S/C14H22N4O2/c1-9(2)17-7-5-10(8-17)12-15-13-11(14(19)20)4-3-6-18(13)16-12/h9-11H,3-8H2,1-2H3,(H,19,20). The molecule has 1 aromatic heterocycles. The Kier molecular flexibility index (Phi) is 3.50. The van der Waals surface area contributed by atoms with Crippen LogP contribution in [0.3, 0.4) is 0 Å². The van der Waals surface area contributed by atoms with Crippen molar-refractivity contribution in [1.29, 1.82) is 0 Å². The highest BCUT2D eigenvalue weighted by atomic mass is 16.4. The summed E-state index contributed by atoms with van der Waals surface area (Å²) in [5.41, 5.74) is 0. The van der Waals surface area contributed by atoms with Crippen LogP contribution in [0.15, 0.2) is 0 Å². The van der Waals surface area contributed by atoms with Crippen molar-refractivity contribution in [3.05, 3.63) is 11.6 Å². The summed E-state index contributed by atoms with van der Waals surface area (Å²) in [7, 11) is 0. The molecule has 6 nitrogen and oxygen atoms in total. The molecule has 20 heavy (non-hydrogen) atoms. The molecule has 3 heterocycles. The lowest BCUT2D eigenvalue weighted by Crippen LogP contribution is -2.28. The van der Waals surface area contributed by atoms with Gasteiger partial charge in [-0.25, -0.2) is 9.67 Å². The van der Waals surface area contributed by atoms with Crippen LogP contribution in [-0.4, -0.2) is 49.9 Å². The molecule has 2 unspecified atom stereocenters. The van der Waals surface area contributed by atoms with Crippen molar-refractivity contribution in [1.82, 2.24) is 19.7 Å². The van der Waals surface area contributed by atoms with E-state index in [2.05, 4.69) is 28.8 Å². The van der Waals surface area contributed by atoms with Crippen LogP contribution in [0.4, 0.5) is 0 Å². The Labute approximate surface area is 118 Å². The Morgan fingerprint density at radius 2 is 2.15 bits per heavy atom. The molecule has 0 spiro atoms. The van der Waals surface area contributed by atoms with E-state index in [1.54, 1.807) is 0 Å². The largest absolute Gasteiger partial charge is 0.481 e. The molecule has 1 fully saturated rings. The van der Waals surface area contributed by atoms with E-state index >= 15 is 0 Å². The van der Waals surface area contributed by atoms with E-state index in [0.717, 1.165) is 38.3 Å². The molecule has 1 aromatic rings. The lowest BCUT2D eigenvalue weighted by atomic mass is 9.99. The molecule has 3 rings (SSSR count). The molecule has 2 aliphatic heterocycles. The first-order valence-electron chi connectivity index (χ1n) is 7.47. The van der Waals surface area contributed by atoms with Gasteiger partial charge in [0.2, 0.25) is 0 Å². The molecule has 0 aromatic carbocycles. The fourth-order valence-corrected chi connectivity index (χ4v) is 3.24. The second-order valence-corrected chi connectivity index (χ2v) is 6.16. The molecule has 0 amide bonds. The number of carbonyl (C=O) groups is 1. The predicted octanol–water partition coefficient (Wildman–Crippen LogP) is 1.44. The first-order valence-corrected chi connectivity index (χ1v) is 7.47. The summed E-state index contributed by atoms with van der Waals surface area (Å²) in [6.07, 6.45) is 2.62. The van der Waals surface area contributed by atoms with Crippen molar-refractivity contribution < 1.29 is 9.90 Å². The van der Waals surface area contributed by atoms with Gasteiger partial charge in [-0.2, -0.15) is 5.10 Å². The van der Waals surface area contributed by atoms with Crippen LogP contribution in [0.25, 0.3) is 0 Å². The van der Waals surface area contributed by atoms with Crippen LogP contribution < -0.4 is 0 Å². The lowest BCUT2D eigenvalue weighted by Gasteiger charge is -2.19. The van der Waals surface area contributed by atoms with Gasteiger partial charge in [0.05, 0.1) is 0 Å². The minimum atomic E-state index is -0.778. The number of fused-ring (bicyclic) bond motifs is 1. The van der Waals surface area contributed by atoms with E-state index in [-0.39, 0.29) is 0 Å². The Morgan fingerprint density at radius 1 is 1.35 bits per heavy atom. The molecule has 110 valence electrons. The third-order valence-corrected chi connectivity index (χ3v) is 4.50. The summed E-state index contributed by atoms with van der Waals surface area (Å²) in [6, 6.07) is 0.545. The number of rotatable bonds is 3. The second kappa shape index (κ2) is 5.16. The Morgan fingerprint density at radius 3 is 2.80 bits per heavy atom. The SMILES string of the molecule is CC(C)N1CCC(c2nc3n(n2)CCCC3C(=O)O)C1. The summed E-state index contributed by atoms with van der Waals surface area (Å²) in [4.78, 5) is 18.3. The van der Waals surface area contributed by atoms with Gasteiger partial charge in [0, 0.05) is 25.0 Å². The molecular formula is C14H22N4O2.